The van der Waals surface area contributed by atoms with Gasteiger partial charge in [-0.15, -0.1) is 9.89 Å². The summed E-state index contributed by atoms with van der Waals surface area (Å²) >= 11 is 0. The topological polar surface area (TPSA) is 165 Å². The van der Waals surface area contributed by atoms with E-state index in [2.05, 4.69) is 9.82 Å². The average molecular weight is 601 g/mol. The van der Waals surface area contributed by atoms with E-state index in [4.69, 9.17) is 20.8 Å². The van der Waals surface area contributed by atoms with E-state index in [-0.39, 0.29) is 12.0 Å². The lowest BCUT2D eigenvalue weighted by Crippen LogP contribution is -2.45. The van der Waals surface area contributed by atoms with Gasteiger partial charge in [-0.1, -0.05) is 20.8 Å². The van der Waals surface area contributed by atoms with E-state index >= 15 is 0 Å². The van der Waals surface area contributed by atoms with Crippen molar-refractivity contribution in [1.29, 1.82) is 0 Å². The highest BCUT2D eigenvalue weighted by Gasteiger charge is 2.35. The third kappa shape index (κ3) is 6.66. The monoisotopic (exact) mass is 600 g/mol. The lowest BCUT2D eigenvalue weighted by Gasteiger charge is -2.31. The van der Waals surface area contributed by atoms with E-state index in [1.54, 1.807) is 29.2 Å². The molecule has 0 bridgehead atoms. The summed E-state index contributed by atoms with van der Waals surface area (Å²) in [4.78, 5) is 13.0. The molecule has 12 nitrogen and oxygen atoms in total. The lowest BCUT2D eigenvalue weighted by molar-refractivity contribution is 0.579. The van der Waals surface area contributed by atoms with Crippen molar-refractivity contribution in [3.63, 3.8) is 0 Å². The predicted octanol–water partition coefficient (Wildman–Crippen LogP) is 3.17. The van der Waals surface area contributed by atoms with Gasteiger partial charge in [0.1, 0.15) is 11.1 Å². The molecule has 4 rings (SSSR count). The number of sulfonamides is 1. The number of hydrogen-bond donors (Lipinski definition) is 2. The summed E-state index contributed by atoms with van der Waals surface area (Å²) < 4.78 is 50.2. The quantitative estimate of drug-likeness (QED) is 0.378. The zero-order valence-electron chi connectivity index (χ0n) is 24.2. The molecule has 0 radical (unpaired) electrons. The molecule has 220 valence electrons. The molecule has 1 aliphatic rings. The Bertz CT molecular complexity index is 1740. The molecule has 0 amide bonds. The van der Waals surface area contributed by atoms with E-state index in [1.807, 2.05) is 52.8 Å². The standard InChI is InChI=1S/C27H36N8O4S2/c1-8-34(22(16-28)40(6,36)37)20-13-14-21(17(2)15-20)29-23-24(27(3,4)5)31-35-26(23)30-25(32-35)18-9-11-19(12-10-18)33-41(7,38)39/h9-15,22,33H,8,16,28H2,1-7H3/b29-23-. The van der Waals surface area contributed by atoms with Gasteiger partial charge in [-0.2, -0.15) is 5.10 Å². The maximum absolute atomic E-state index is 12.3. The normalized spacial score (nSPS) is 15.5. The van der Waals surface area contributed by atoms with E-state index in [1.165, 1.54) is 11.0 Å². The van der Waals surface area contributed by atoms with E-state index in [9.17, 15) is 16.8 Å². The first-order valence-corrected chi connectivity index (χ1v) is 16.9. The number of fused-ring (bicyclic) bond motifs is 1. The number of nitrogens with zero attached hydrogens (tertiary/aromatic N) is 6. The summed E-state index contributed by atoms with van der Waals surface area (Å²) in [6.07, 6.45) is 2.29. The summed E-state index contributed by atoms with van der Waals surface area (Å²) in [5.74, 6) is 0.914. The van der Waals surface area contributed by atoms with Crippen molar-refractivity contribution in [2.24, 2.45) is 21.2 Å². The van der Waals surface area contributed by atoms with Crippen LogP contribution in [0.5, 0.6) is 0 Å². The highest BCUT2D eigenvalue weighted by Crippen LogP contribution is 2.31. The Balaban J connectivity index is 1.73. The molecule has 0 spiro atoms. The summed E-state index contributed by atoms with van der Waals surface area (Å²) in [5, 5.41) is 8.45. The van der Waals surface area contributed by atoms with Crippen molar-refractivity contribution in [2.75, 3.05) is 35.2 Å². The molecule has 0 saturated heterocycles. The molecule has 0 saturated carbocycles. The number of nitrogens with two attached hydrogens (primary N) is 1. The van der Waals surface area contributed by atoms with Crippen molar-refractivity contribution >= 4 is 48.3 Å². The molecule has 2 aromatic carbocycles. The number of sulfone groups is 1. The van der Waals surface area contributed by atoms with Crippen LogP contribution in [0.3, 0.4) is 0 Å². The van der Waals surface area contributed by atoms with Crippen LogP contribution < -0.4 is 15.4 Å². The maximum atomic E-state index is 12.3. The molecule has 14 heteroatoms. The second-order valence-corrected chi connectivity index (χ2v) is 15.0. The molecular formula is C27H36N8O4S2. The maximum Gasteiger partial charge on any atom is 0.229 e. The summed E-state index contributed by atoms with van der Waals surface area (Å²) in [6.45, 7) is 10.4. The van der Waals surface area contributed by atoms with Crippen LogP contribution in [-0.2, 0) is 19.9 Å². The number of aliphatic imine (C=N–C) groups is 1. The Morgan fingerprint density at radius 2 is 1.73 bits per heavy atom. The fourth-order valence-corrected chi connectivity index (χ4v) is 6.20. The van der Waals surface area contributed by atoms with Gasteiger partial charge in [-0.3, -0.25) is 4.72 Å². The molecule has 0 fully saturated rings. The Labute approximate surface area is 241 Å². The van der Waals surface area contributed by atoms with Crippen LogP contribution in [0.4, 0.5) is 17.1 Å². The lowest BCUT2D eigenvalue weighted by atomic mass is 9.87. The van der Waals surface area contributed by atoms with Crippen LogP contribution in [0.15, 0.2) is 52.6 Å². The first kappa shape index (κ1) is 30.3. The van der Waals surface area contributed by atoms with Gasteiger partial charge in [-0.25, -0.2) is 26.8 Å². The number of nitrogens with one attached hydrogen (secondary N) is 1. The zero-order chi connectivity index (χ0) is 30.3. The Kier molecular flexibility index (Phi) is 8.13. The number of aromatic nitrogens is 3. The third-order valence-electron chi connectivity index (χ3n) is 6.51. The number of anilines is 2. The summed E-state index contributed by atoms with van der Waals surface area (Å²) in [6, 6.07) is 12.4. The van der Waals surface area contributed by atoms with Gasteiger partial charge in [-0.05, 0) is 61.9 Å². The SMILES string of the molecule is CCN(c1ccc(/N=C2/C(C(C)(C)C)=Nn3nc(-c4ccc(NS(C)(=O)=O)cc4)nc32)c(C)c1)C(CN)S(C)(=O)=O. The number of rotatable bonds is 9. The smallest absolute Gasteiger partial charge is 0.229 e. The number of hydrogen-bond acceptors (Lipinski definition) is 10. The van der Waals surface area contributed by atoms with Crippen LogP contribution in [0.25, 0.3) is 11.4 Å². The third-order valence-corrected chi connectivity index (χ3v) is 8.55. The van der Waals surface area contributed by atoms with Crippen LogP contribution in [0.1, 0.15) is 39.1 Å². The van der Waals surface area contributed by atoms with Gasteiger partial charge < -0.3 is 10.6 Å². The largest absolute Gasteiger partial charge is 0.354 e. The molecule has 0 aliphatic carbocycles. The van der Waals surface area contributed by atoms with Crippen LogP contribution in [0, 0.1) is 12.3 Å². The van der Waals surface area contributed by atoms with Crippen molar-refractivity contribution in [2.45, 2.75) is 40.0 Å². The second-order valence-electron chi connectivity index (χ2n) is 11.0. The summed E-state index contributed by atoms with van der Waals surface area (Å²) in [7, 11) is -6.78. The van der Waals surface area contributed by atoms with Gasteiger partial charge in [0.15, 0.2) is 15.7 Å². The highest BCUT2D eigenvalue weighted by atomic mass is 32.2. The Morgan fingerprint density at radius 3 is 2.24 bits per heavy atom. The molecule has 3 N–H and O–H groups in total. The first-order valence-electron chi connectivity index (χ1n) is 13.0. The van der Waals surface area contributed by atoms with Crippen LogP contribution >= 0.6 is 0 Å². The minimum absolute atomic E-state index is 0.0177. The fourth-order valence-electron chi connectivity index (χ4n) is 4.55. The fraction of sp³-hybridized carbons (Fsp3) is 0.407. The molecule has 3 aromatic rings. The Morgan fingerprint density at radius 1 is 1.07 bits per heavy atom. The minimum Gasteiger partial charge on any atom is -0.354 e. The number of aryl methyl sites for hydroxylation is 1. The van der Waals surface area contributed by atoms with Gasteiger partial charge in [0.05, 0.1) is 17.7 Å². The average Bonchev–Trinajstić information content (AvgIpc) is 3.41. The Hall–Kier alpha value is -3.62. The zero-order valence-corrected chi connectivity index (χ0v) is 25.9. The minimum atomic E-state index is -3.40. The van der Waals surface area contributed by atoms with Gasteiger partial charge in [0.2, 0.25) is 15.8 Å². The molecule has 1 unspecified atom stereocenters. The molecule has 1 atom stereocenters. The number of likely N-dealkylation sites (N-methyl/N-ethyl adjacent to an activating group) is 1. The molecule has 1 aromatic heterocycles. The summed E-state index contributed by atoms with van der Waals surface area (Å²) in [5.41, 5.74) is 10.2. The highest BCUT2D eigenvalue weighted by molar-refractivity contribution is 7.92. The van der Waals surface area contributed by atoms with E-state index in [0.29, 0.717) is 40.8 Å². The first-order chi connectivity index (χ1) is 19.0. The number of benzene rings is 2. The molecule has 2 heterocycles. The second kappa shape index (κ2) is 11.0. The predicted molar refractivity (Wildman–Crippen MR) is 164 cm³/mol. The van der Waals surface area contributed by atoms with Crippen LogP contribution in [0.2, 0.25) is 0 Å². The van der Waals surface area contributed by atoms with E-state index in [0.717, 1.165) is 23.2 Å². The van der Waals surface area contributed by atoms with E-state index < -0.39 is 25.2 Å². The van der Waals surface area contributed by atoms with Crippen LogP contribution in [-0.4, -0.2) is 74.1 Å². The van der Waals surface area contributed by atoms with Crippen molar-refractivity contribution < 1.29 is 16.8 Å². The molecule has 1 aliphatic heterocycles. The molecule has 41 heavy (non-hydrogen) atoms. The van der Waals surface area contributed by atoms with Crippen molar-refractivity contribution in [3.8, 4) is 11.4 Å². The van der Waals surface area contributed by atoms with Crippen molar-refractivity contribution in [1.82, 2.24) is 14.9 Å². The van der Waals surface area contributed by atoms with Gasteiger partial charge >= 0.3 is 0 Å². The van der Waals surface area contributed by atoms with Gasteiger partial charge in [0.25, 0.3) is 0 Å². The van der Waals surface area contributed by atoms with Gasteiger partial charge in [0, 0.05) is 41.7 Å². The van der Waals surface area contributed by atoms with Crippen molar-refractivity contribution in [3.05, 3.63) is 53.9 Å². The molecular weight excluding hydrogens is 564 g/mol.